The third-order valence-electron chi connectivity index (χ3n) is 4.14. The van der Waals surface area contributed by atoms with Crippen molar-refractivity contribution in [1.82, 2.24) is 10.2 Å². The van der Waals surface area contributed by atoms with Gasteiger partial charge in [-0.2, -0.15) is 0 Å². The molecule has 1 unspecified atom stereocenters. The number of ether oxygens (including phenoxy) is 1. The molecule has 1 aliphatic heterocycles. The maximum atomic E-state index is 11.6. The summed E-state index contributed by atoms with van der Waals surface area (Å²) in [5, 5.41) is 3.44. The second-order valence-electron chi connectivity index (χ2n) is 5.72. The third kappa shape index (κ3) is 4.83. The first kappa shape index (κ1) is 16.0. The van der Waals surface area contributed by atoms with Crippen molar-refractivity contribution in [3.63, 3.8) is 0 Å². The molecule has 1 fully saturated rings. The van der Waals surface area contributed by atoms with Gasteiger partial charge < -0.3 is 10.1 Å². The lowest BCUT2D eigenvalue weighted by Crippen LogP contribution is -2.35. The summed E-state index contributed by atoms with van der Waals surface area (Å²) in [6.45, 7) is 5.31. The summed E-state index contributed by atoms with van der Waals surface area (Å²) in [7, 11) is 2.16. The minimum Gasteiger partial charge on any atom is -0.491 e. The average molecular weight is 290 g/mol. The van der Waals surface area contributed by atoms with Crippen LogP contribution in [0.4, 0.5) is 0 Å². The maximum Gasteiger partial charge on any atom is 0.163 e. The molecule has 1 atom stereocenters. The number of nitrogens with zero attached hydrogens (tertiary/aromatic N) is 1. The van der Waals surface area contributed by atoms with Crippen molar-refractivity contribution < 1.29 is 9.53 Å². The quantitative estimate of drug-likeness (QED) is 0.817. The highest BCUT2D eigenvalue weighted by molar-refractivity contribution is 5.96. The SMILES string of the molecule is CC(=O)c1ccccc1OCCN(C)C1CCCNCC1. The second kappa shape index (κ2) is 8.15. The number of para-hydroxylation sites is 1. The number of carbonyl (C=O) groups excluding carboxylic acids is 1. The fourth-order valence-corrected chi connectivity index (χ4v) is 2.81. The Morgan fingerprint density at radius 3 is 2.95 bits per heavy atom. The molecule has 0 saturated carbocycles. The van der Waals surface area contributed by atoms with Crippen LogP contribution in [0.1, 0.15) is 36.5 Å². The number of carbonyl (C=O) groups is 1. The van der Waals surface area contributed by atoms with E-state index < -0.39 is 0 Å². The van der Waals surface area contributed by atoms with Crippen molar-refractivity contribution in [2.24, 2.45) is 0 Å². The Bertz CT molecular complexity index is 454. The van der Waals surface area contributed by atoms with E-state index in [1.807, 2.05) is 24.3 Å². The molecule has 0 radical (unpaired) electrons. The van der Waals surface area contributed by atoms with Crippen LogP contribution in [0.25, 0.3) is 0 Å². The van der Waals surface area contributed by atoms with Crippen LogP contribution in [0.15, 0.2) is 24.3 Å². The van der Waals surface area contributed by atoms with Crippen molar-refractivity contribution in [2.45, 2.75) is 32.2 Å². The Morgan fingerprint density at radius 2 is 2.14 bits per heavy atom. The molecule has 21 heavy (non-hydrogen) atoms. The van der Waals surface area contributed by atoms with Gasteiger partial charge in [0.25, 0.3) is 0 Å². The molecular weight excluding hydrogens is 264 g/mol. The van der Waals surface area contributed by atoms with Crippen molar-refractivity contribution in [1.29, 1.82) is 0 Å². The van der Waals surface area contributed by atoms with Gasteiger partial charge in [-0.3, -0.25) is 9.69 Å². The van der Waals surface area contributed by atoms with Gasteiger partial charge in [0.2, 0.25) is 0 Å². The molecule has 1 aromatic rings. The van der Waals surface area contributed by atoms with Crippen molar-refractivity contribution in [3.8, 4) is 5.75 Å². The summed E-state index contributed by atoms with van der Waals surface area (Å²) in [5.74, 6) is 0.745. The molecular formula is C17H26N2O2. The first-order chi connectivity index (χ1) is 10.2. The van der Waals surface area contributed by atoms with Crippen LogP contribution in [0.5, 0.6) is 5.75 Å². The van der Waals surface area contributed by atoms with Crippen LogP contribution < -0.4 is 10.1 Å². The predicted molar refractivity (Wildman–Crippen MR) is 85.1 cm³/mol. The lowest BCUT2D eigenvalue weighted by atomic mass is 10.1. The Kier molecular flexibility index (Phi) is 6.21. The lowest BCUT2D eigenvalue weighted by molar-refractivity contribution is 0.101. The first-order valence-electron chi connectivity index (χ1n) is 7.82. The van der Waals surface area contributed by atoms with E-state index in [1.54, 1.807) is 6.92 Å². The third-order valence-corrected chi connectivity index (χ3v) is 4.14. The minimum atomic E-state index is 0.0498. The minimum absolute atomic E-state index is 0.0498. The van der Waals surface area contributed by atoms with Gasteiger partial charge in [-0.1, -0.05) is 12.1 Å². The molecule has 2 rings (SSSR count). The van der Waals surface area contributed by atoms with Gasteiger partial charge in [0.05, 0.1) is 5.56 Å². The van der Waals surface area contributed by atoms with Gasteiger partial charge in [0.15, 0.2) is 5.78 Å². The van der Waals surface area contributed by atoms with Gasteiger partial charge in [0.1, 0.15) is 12.4 Å². The van der Waals surface area contributed by atoms with E-state index in [2.05, 4.69) is 17.3 Å². The molecule has 0 aliphatic carbocycles. The fraction of sp³-hybridized carbons (Fsp3) is 0.588. The van der Waals surface area contributed by atoms with E-state index in [-0.39, 0.29) is 5.78 Å². The number of hydrogen-bond donors (Lipinski definition) is 1. The molecule has 1 aliphatic rings. The molecule has 4 nitrogen and oxygen atoms in total. The zero-order chi connectivity index (χ0) is 15.1. The molecule has 0 spiro atoms. The molecule has 0 aromatic heterocycles. The van der Waals surface area contributed by atoms with Gasteiger partial charge in [-0.05, 0) is 58.5 Å². The Labute approximate surface area is 127 Å². The number of ketones is 1. The summed E-state index contributed by atoms with van der Waals surface area (Å²) in [6.07, 6.45) is 3.68. The van der Waals surface area contributed by atoms with Crippen LogP contribution >= 0.6 is 0 Å². The predicted octanol–water partition coefficient (Wildman–Crippen LogP) is 2.34. The molecule has 4 heteroatoms. The second-order valence-corrected chi connectivity index (χ2v) is 5.72. The molecule has 1 N–H and O–H groups in total. The van der Waals surface area contributed by atoms with E-state index in [1.165, 1.54) is 19.3 Å². The number of rotatable bonds is 6. The topological polar surface area (TPSA) is 41.6 Å². The summed E-state index contributed by atoms with van der Waals surface area (Å²) in [6, 6.07) is 8.09. The Morgan fingerprint density at radius 1 is 1.33 bits per heavy atom. The van der Waals surface area contributed by atoms with Crippen LogP contribution in [0, 0.1) is 0 Å². The summed E-state index contributed by atoms with van der Waals surface area (Å²) < 4.78 is 5.81. The number of nitrogens with one attached hydrogen (secondary N) is 1. The van der Waals surface area contributed by atoms with Gasteiger partial charge >= 0.3 is 0 Å². The van der Waals surface area contributed by atoms with E-state index in [4.69, 9.17) is 4.74 Å². The molecule has 0 amide bonds. The summed E-state index contributed by atoms with van der Waals surface area (Å²) >= 11 is 0. The largest absolute Gasteiger partial charge is 0.491 e. The van der Waals surface area contributed by atoms with Crippen LogP contribution in [-0.4, -0.2) is 50.0 Å². The van der Waals surface area contributed by atoms with Crippen molar-refractivity contribution in [2.75, 3.05) is 33.3 Å². The van der Waals surface area contributed by atoms with E-state index in [9.17, 15) is 4.79 Å². The zero-order valence-electron chi connectivity index (χ0n) is 13.1. The number of likely N-dealkylation sites (N-methyl/N-ethyl adjacent to an activating group) is 1. The maximum absolute atomic E-state index is 11.6. The Balaban J connectivity index is 1.82. The first-order valence-corrected chi connectivity index (χ1v) is 7.82. The average Bonchev–Trinajstić information content (AvgIpc) is 2.76. The zero-order valence-corrected chi connectivity index (χ0v) is 13.1. The Hall–Kier alpha value is -1.39. The molecule has 0 bridgehead atoms. The highest BCUT2D eigenvalue weighted by atomic mass is 16.5. The van der Waals surface area contributed by atoms with Gasteiger partial charge in [-0.15, -0.1) is 0 Å². The van der Waals surface area contributed by atoms with Crippen LogP contribution in [-0.2, 0) is 0 Å². The molecule has 1 aromatic carbocycles. The fourth-order valence-electron chi connectivity index (χ4n) is 2.81. The highest BCUT2D eigenvalue weighted by Gasteiger charge is 2.16. The highest BCUT2D eigenvalue weighted by Crippen LogP contribution is 2.18. The molecule has 1 heterocycles. The van der Waals surface area contributed by atoms with Crippen LogP contribution in [0.3, 0.4) is 0 Å². The van der Waals surface area contributed by atoms with Gasteiger partial charge in [-0.25, -0.2) is 0 Å². The lowest BCUT2D eigenvalue weighted by Gasteiger charge is -2.26. The smallest absolute Gasteiger partial charge is 0.163 e. The van der Waals surface area contributed by atoms with E-state index in [0.29, 0.717) is 24.0 Å². The summed E-state index contributed by atoms with van der Waals surface area (Å²) in [4.78, 5) is 13.9. The van der Waals surface area contributed by atoms with E-state index in [0.717, 1.165) is 19.6 Å². The number of benzene rings is 1. The van der Waals surface area contributed by atoms with E-state index >= 15 is 0 Å². The van der Waals surface area contributed by atoms with Gasteiger partial charge in [0, 0.05) is 12.6 Å². The van der Waals surface area contributed by atoms with Crippen molar-refractivity contribution >= 4 is 5.78 Å². The van der Waals surface area contributed by atoms with Crippen molar-refractivity contribution in [3.05, 3.63) is 29.8 Å². The molecule has 116 valence electrons. The van der Waals surface area contributed by atoms with Crippen LogP contribution in [0.2, 0.25) is 0 Å². The number of Topliss-reactive ketones (excluding diaryl/α,β-unsaturated/α-hetero) is 1. The summed E-state index contributed by atoms with van der Waals surface area (Å²) in [5.41, 5.74) is 0.666. The number of hydrogen-bond acceptors (Lipinski definition) is 4. The monoisotopic (exact) mass is 290 g/mol. The normalized spacial score (nSPS) is 19.3. The standard InChI is InChI=1S/C17H26N2O2/c1-14(20)16-7-3-4-8-17(16)21-13-12-19(2)15-6-5-10-18-11-9-15/h3-4,7-8,15,18H,5-6,9-13H2,1-2H3. The molecule has 1 saturated heterocycles.